The Morgan fingerprint density at radius 1 is 1.16 bits per heavy atom. The second-order valence-corrected chi connectivity index (χ2v) is 5.86. The maximum absolute atomic E-state index is 13.0. The third-order valence-corrected chi connectivity index (χ3v) is 4.49. The first-order chi connectivity index (χ1) is 12.2. The molecule has 1 aromatic carbocycles. The highest BCUT2D eigenvalue weighted by atomic mass is 16.5. The van der Waals surface area contributed by atoms with Gasteiger partial charge in [0.2, 0.25) is 0 Å². The van der Waals surface area contributed by atoms with Crippen LogP contribution in [0.25, 0.3) is 16.4 Å². The Morgan fingerprint density at radius 2 is 1.88 bits per heavy atom. The topological polar surface area (TPSA) is 81.0 Å². The molecule has 25 heavy (non-hydrogen) atoms. The number of amides is 1. The third-order valence-electron chi connectivity index (χ3n) is 4.49. The largest absolute Gasteiger partial charge is 0.493 e. The fourth-order valence-electron chi connectivity index (χ4n) is 3.19. The number of hydrogen-bond donors (Lipinski definition) is 1. The normalized spacial score (nSPS) is 14.9. The van der Waals surface area contributed by atoms with Crippen LogP contribution in [0.4, 0.5) is 0 Å². The second kappa shape index (κ2) is 6.21. The number of benzene rings is 1. The van der Waals surface area contributed by atoms with Crippen LogP contribution < -0.4 is 14.8 Å². The Bertz CT molecular complexity index is 946. The molecule has 0 bridgehead atoms. The van der Waals surface area contributed by atoms with Crippen molar-refractivity contribution in [3.63, 3.8) is 0 Å². The van der Waals surface area contributed by atoms with Gasteiger partial charge in [0.15, 0.2) is 11.5 Å². The molecular formula is C17H19N5O3. The highest BCUT2D eigenvalue weighted by molar-refractivity contribution is 6.09. The molecule has 2 aromatic heterocycles. The number of nitrogens with one attached hydrogen (secondary N) is 1. The number of rotatable bonds is 3. The summed E-state index contributed by atoms with van der Waals surface area (Å²) in [7, 11) is 3.17. The summed E-state index contributed by atoms with van der Waals surface area (Å²) in [5, 5.41) is 8.36. The van der Waals surface area contributed by atoms with Gasteiger partial charge in [-0.25, -0.2) is 9.50 Å². The number of carbonyl (C=O) groups is 1. The zero-order valence-electron chi connectivity index (χ0n) is 14.2. The van der Waals surface area contributed by atoms with Crippen LogP contribution in [-0.2, 0) is 0 Å². The molecule has 0 aliphatic carbocycles. The number of piperazine rings is 1. The van der Waals surface area contributed by atoms with Gasteiger partial charge in [-0.3, -0.25) is 4.79 Å². The molecule has 0 atom stereocenters. The van der Waals surface area contributed by atoms with Crippen molar-refractivity contribution in [1.29, 1.82) is 0 Å². The summed E-state index contributed by atoms with van der Waals surface area (Å²) in [5.41, 5.74) is 2.02. The Morgan fingerprint density at radius 3 is 2.60 bits per heavy atom. The lowest BCUT2D eigenvalue weighted by molar-refractivity contribution is 0.0738. The lowest BCUT2D eigenvalue weighted by Crippen LogP contribution is -2.46. The predicted octanol–water partition coefficient (Wildman–Crippen LogP) is 0.945. The standard InChI is InChI=1S/C17H19N5O3/c1-24-14-7-11-13(8-15(14)25-2)19-10-22-16(11)12(9-20-22)17(23)21-5-3-18-4-6-21/h7-10,18H,3-6H2,1-2H3. The van der Waals surface area contributed by atoms with Crippen LogP contribution in [0.1, 0.15) is 10.4 Å². The van der Waals surface area contributed by atoms with Gasteiger partial charge in [-0.05, 0) is 6.07 Å². The van der Waals surface area contributed by atoms with Gasteiger partial charge in [0.25, 0.3) is 5.91 Å². The molecule has 130 valence electrons. The van der Waals surface area contributed by atoms with Crippen LogP contribution in [0.15, 0.2) is 24.7 Å². The highest BCUT2D eigenvalue weighted by Crippen LogP contribution is 2.34. The van der Waals surface area contributed by atoms with Crippen molar-refractivity contribution in [3.05, 3.63) is 30.2 Å². The molecular weight excluding hydrogens is 322 g/mol. The van der Waals surface area contributed by atoms with Gasteiger partial charge in [0.05, 0.1) is 37.0 Å². The summed E-state index contributed by atoms with van der Waals surface area (Å²) in [6.07, 6.45) is 3.22. The van der Waals surface area contributed by atoms with Crippen LogP contribution in [0, 0.1) is 0 Å². The minimum absolute atomic E-state index is 0.0150. The van der Waals surface area contributed by atoms with Crippen molar-refractivity contribution in [2.75, 3.05) is 40.4 Å². The minimum Gasteiger partial charge on any atom is -0.493 e. The van der Waals surface area contributed by atoms with Gasteiger partial charge in [0, 0.05) is 37.6 Å². The lowest BCUT2D eigenvalue weighted by atomic mass is 10.1. The molecule has 1 fully saturated rings. The molecule has 3 aromatic rings. The van der Waals surface area contributed by atoms with Crippen LogP contribution in [0.2, 0.25) is 0 Å². The SMILES string of the molecule is COc1cc2ncn3ncc(C(=O)N4CCNCC4)c3c2cc1OC. The first kappa shape index (κ1) is 15.6. The Hall–Kier alpha value is -2.87. The zero-order chi connectivity index (χ0) is 17.4. The van der Waals surface area contributed by atoms with Gasteiger partial charge in [-0.2, -0.15) is 5.10 Å². The molecule has 1 aliphatic rings. The average molecular weight is 341 g/mol. The fourth-order valence-corrected chi connectivity index (χ4v) is 3.19. The van der Waals surface area contributed by atoms with Gasteiger partial charge in [-0.15, -0.1) is 0 Å². The molecule has 1 saturated heterocycles. The van der Waals surface area contributed by atoms with Crippen LogP contribution in [0.3, 0.4) is 0 Å². The molecule has 1 aliphatic heterocycles. The lowest BCUT2D eigenvalue weighted by Gasteiger charge is -2.27. The van der Waals surface area contributed by atoms with E-state index in [1.54, 1.807) is 37.3 Å². The van der Waals surface area contributed by atoms with Crippen molar-refractivity contribution < 1.29 is 14.3 Å². The van der Waals surface area contributed by atoms with E-state index < -0.39 is 0 Å². The monoisotopic (exact) mass is 341 g/mol. The number of methoxy groups -OCH3 is 2. The molecule has 0 unspecified atom stereocenters. The molecule has 1 N–H and O–H groups in total. The summed E-state index contributed by atoms with van der Waals surface area (Å²) < 4.78 is 12.4. The van der Waals surface area contributed by atoms with Crippen molar-refractivity contribution >= 4 is 22.3 Å². The molecule has 3 heterocycles. The number of aromatic nitrogens is 3. The zero-order valence-corrected chi connectivity index (χ0v) is 14.2. The first-order valence-electron chi connectivity index (χ1n) is 8.11. The molecule has 0 saturated carbocycles. The number of hydrogen-bond acceptors (Lipinski definition) is 6. The number of fused-ring (bicyclic) bond motifs is 3. The van der Waals surface area contributed by atoms with Crippen molar-refractivity contribution in [1.82, 2.24) is 24.8 Å². The third kappa shape index (κ3) is 2.54. The Labute approximate surface area is 144 Å². The van der Waals surface area contributed by atoms with Crippen LogP contribution in [0.5, 0.6) is 11.5 Å². The minimum atomic E-state index is -0.0150. The van der Waals surface area contributed by atoms with Crippen molar-refractivity contribution in [2.45, 2.75) is 0 Å². The summed E-state index contributed by atoms with van der Waals surface area (Å²) >= 11 is 0. The van der Waals surface area contributed by atoms with Gasteiger partial charge in [-0.1, -0.05) is 0 Å². The molecule has 4 rings (SSSR count). The van der Waals surface area contributed by atoms with E-state index in [0.717, 1.165) is 29.5 Å². The predicted molar refractivity (Wildman–Crippen MR) is 92.4 cm³/mol. The maximum Gasteiger partial charge on any atom is 0.257 e. The van der Waals surface area contributed by atoms with Gasteiger partial charge in [0.1, 0.15) is 6.33 Å². The molecule has 8 nitrogen and oxygen atoms in total. The van der Waals surface area contributed by atoms with Crippen LogP contribution in [-0.4, -0.2) is 65.8 Å². The van der Waals surface area contributed by atoms with Gasteiger partial charge < -0.3 is 19.7 Å². The van der Waals surface area contributed by atoms with E-state index in [9.17, 15) is 4.79 Å². The first-order valence-corrected chi connectivity index (χ1v) is 8.11. The summed E-state index contributed by atoms with van der Waals surface area (Å²) in [6, 6.07) is 3.65. The average Bonchev–Trinajstić information content (AvgIpc) is 3.11. The van der Waals surface area contributed by atoms with E-state index in [1.807, 2.05) is 11.0 Å². The van der Waals surface area contributed by atoms with E-state index in [4.69, 9.17) is 9.47 Å². The highest BCUT2D eigenvalue weighted by Gasteiger charge is 2.23. The van der Waals surface area contributed by atoms with E-state index in [2.05, 4.69) is 15.4 Å². The van der Waals surface area contributed by atoms with Crippen LogP contribution >= 0.6 is 0 Å². The molecule has 0 radical (unpaired) electrons. The second-order valence-electron chi connectivity index (χ2n) is 5.86. The number of carbonyl (C=O) groups excluding carboxylic acids is 1. The Balaban J connectivity index is 1.90. The van der Waals surface area contributed by atoms with E-state index in [1.165, 1.54) is 0 Å². The van der Waals surface area contributed by atoms with E-state index >= 15 is 0 Å². The summed E-state index contributed by atoms with van der Waals surface area (Å²) in [5.74, 6) is 1.17. The van der Waals surface area contributed by atoms with E-state index in [-0.39, 0.29) is 5.91 Å². The van der Waals surface area contributed by atoms with E-state index in [0.29, 0.717) is 30.2 Å². The maximum atomic E-state index is 13.0. The Kier molecular flexibility index (Phi) is 3.89. The summed E-state index contributed by atoms with van der Waals surface area (Å²) in [6.45, 7) is 2.99. The molecule has 8 heteroatoms. The fraction of sp³-hybridized carbons (Fsp3) is 0.353. The molecule has 0 spiro atoms. The number of ether oxygens (including phenoxy) is 2. The van der Waals surface area contributed by atoms with Gasteiger partial charge >= 0.3 is 0 Å². The smallest absolute Gasteiger partial charge is 0.257 e. The summed E-state index contributed by atoms with van der Waals surface area (Å²) in [4.78, 5) is 19.2. The van der Waals surface area contributed by atoms with Crippen molar-refractivity contribution in [3.8, 4) is 11.5 Å². The van der Waals surface area contributed by atoms with Crippen molar-refractivity contribution in [2.24, 2.45) is 0 Å². The number of nitrogens with zero attached hydrogens (tertiary/aromatic N) is 4. The molecule has 1 amide bonds. The quantitative estimate of drug-likeness (QED) is 0.764.